The highest BCUT2D eigenvalue weighted by atomic mass is 16.5. The van der Waals surface area contributed by atoms with Crippen LogP contribution in [0.2, 0.25) is 0 Å². The number of fused-ring (bicyclic) bond motifs is 1. The van der Waals surface area contributed by atoms with Gasteiger partial charge >= 0.3 is 0 Å². The molecule has 0 bridgehead atoms. The average Bonchev–Trinajstić information content (AvgIpc) is 2.98. The van der Waals surface area contributed by atoms with Crippen molar-refractivity contribution in [2.45, 2.75) is 19.3 Å². The lowest BCUT2D eigenvalue weighted by molar-refractivity contribution is -0.116. The first-order chi connectivity index (χ1) is 12.2. The smallest absolute Gasteiger partial charge is 0.252 e. The molecule has 1 amide bonds. The molecule has 0 saturated carbocycles. The number of nitrogens with zero attached hydrogens (tertiary/aromatic N) is 4. The second-order valence-electron chi connectivity index (χ2n) is 5.89. The van der Waals surface area contributed by atoms with Crippen molar-refractivity contribution in [1.29, 1.82) is 0 Å². The number of nitrogens with one attached hydrogen (secondary N) is 1. The van der Waals surface area contributed by atoms with Gasteiger partial charge in [-0.05, 0) is 30.7 Å². The molecule has 4 rings (SSSR count). The van der Waals surface area contributed by atoms with E-state index < -0.39 is 0 Å². The van der Waals surface area contributed by atoms with Crippen LogP contribution >= 0.6 is 0 Å². The summed E-state index contributed by atoms with van der Waals surface area (Å²) in [4.78, 5) is 20.8. The summed E-state index contributed by atoms with van der Waals surface area (Å²) in [7, 11) is 1.63. The fraction of sp³-hybridized carbons (Fsp3) is 0.222. The Morgan fingerprint density at radius 2 is 2.04 bits per heavy atom. The molecule has 1 unspecified atom stereocenters. The van der Waals surface area contributed by atoms with Gasteiger partial charge in [-0.25, -0.2) is 9.97 Å². The zero-order chi connectivity index (χ0) is 17.4. The second kappa shape index (κ2) is 6.01. The third kappa shape index (κ3) is 2.63. The summed E-state index contributed by atoms with van der Waals surface area (Å²) in [6.45, 7) is 1.93. The Kier molecular flexibility index (Phi) is 3.68. The zero-order valence-corrected chi connectivity index (χ0v) is 13.9. The number of rotatable bonds is 3. The zero-order valence-electron chi connectivity index (χ0n) is 13.9. The van der Waals surface area contributed by atoms with Crippen molar-refractivity contribution in [3.63, 3.8) is 0 Å². The summed E-state index contributed by atoms with van der Waals surface area (Å²) in [6.07, 6.45) is 3.66. The summed E-state index contributed by atoms with van der Waals surface area (Å²) in [5.41, 5.74) is 2.85. The van der Waals surface area contributed by atoms with E-state index in [2.05, 4.69) is 20.4 Å². The summed E-state index contributed by atoms with van der Waals surface area (Å²) < 4.78 is 6.92. The van der Waals surface area contributed by atoms with Gasteiger partial charge in [0.25, 0.3) is 5.95 Å². The van der Waals surface area contributed by atoms with Gasteiger partial charge in [-0.3, -0.25) is 4.79 Å². The van der Waals surface area contributed by atoms with Gasteiger partial charge in [0, 0.05) is 30.3 Å². The topological polar surface area (TPSA) is 81.9 Å². The molecule has 1 aliphatic heterocycles. The Labute approximate surface area is 144 Å². The van der Waals surface area contributed by atoms with Crippen molar-refractivity contribution < 1.29 is 9.53 Å². The van der Waals surface area contributed by atoms with Crippen molar-refractivity contribution in [3.05, 3.63) is 59.5 Å². The second-order valence-corrected chi connectivity index (χ2v) is 5.89. The molecule has 25 heavy (non-hydrogen) atoms. The summed E-state index contributed by atoms with van der Waals surface area (Å²) in [6, 6.07) is 9.53. The predicted octanol–water partition coefficient (Wildman–Crippen LogP) is 2.45. The van der Waals surface area contributed by atoms with Crippen LogP contribution in [0, 0.1) is 6.92 Å². The highest BCUT2D eigenvalue weighted by molar-refractivity contribution is 5.95. The van der Waals surface area contributed by atoms with Crippen molar-refractivity contribution in [2.24, 2.45) is 0 Å². The van der Waals surface area contributed by atoms with E-state index in [-0.39, 0.29) is 11.8 Å². The van der Waals surface area contributed by atoms with E-state index in [9.17, 15) is 4.79 Å². The number of benzene rings is 1. The Morgan fingerprint density at radius 1 is 1.24 bits per heavy atom. The molecule has 2 aromatic heterocycles. The van der Waals surface area contributed by atoms with Gasteiger partial charge in [0.1, 0.15) is 11.6 Å². The quantitative estimate of drug-likeness (QED) is 0.795. The molecule has 0 fully saturated rings. The van der Waals surface area contributed by atoms with Crippen LogP contribution < -0.4 is 10.1 Å². The van der Waals surface area contributed by atoms with E-state index in [1.807, 2.05) is 31.2 Å². The van der Waals surface area contributed by atoms with Gasteiger partial charge in [-0.15, -0.1) is 0 Å². The molecule has 126 valence electrons. The summed E-state index contributed by atoms with van der Waals surface area (Å²) in [5, 5.41) is 7.49. The lowest BCUT2D eigenvalue weighted by Crippen LogP contribution is -2.25. The first-order valence-corrected chi connectivity index (χ1v) is 7.98. The standard InChI is InChI=1S/C18H17N5O2/c1-11-16-14(12-5-3-6-13(9-12)25-2)10-15(24)21-17(16)23(22-11)18-19-7-4-8-20-18/h3-9,14H,10H2,1-2H3,(H,21,24). The van der Waals surface area contributed by atoms with Crippen LogP contribution in [0.3, 0.4) is 0 Å². The number of aromatic nitrogens is 4. The van der Waals surface area contributed by atoms with Gasteiger partial charge in [-0.1, -0.05) is 12.1 Å². The molecule has 1 aromatic carbocycles. The molecule has 3 heterocycles. The molecule has 0 aliphatic carbocycles. The third-order valence-electron chi connectivity index (χ3n) is 4.34. The van der Waals surface area contributed by atoms with Crippen LogP contribution in [0.1, 0.15) is 29.2 Å². The highest BCUT2D eigenvalue weighted by Crippen LogP contribution is 2.40. The average molecular weight is 335 g/mol. The number of aryl methyl sites for hydroxylation is 1. The Morgan fingerprint density at radius 3 is 2.80 bits per heavy atom. The van der Waals surface area contributed by atoms with Crippen molar-refractivity contribution in [1.82, 2.24) is 19.7 Å². The molecule has 7 nitrogen and oxygen atoms in total. The number of amides is 1. The number of ether oxygens (including phenoxy) is 1. The van der Waals surface area contributed by atoms with E-state index in [1.54, 1.807) is 30.3 Å². The maximum atomic E-state index is 12.3. The van der Waals surface area contributed by atoms with E-state index in [0.717, 1.165) is 22.6 Å². The lowest BCUT2D eigenvalue weighted by Gasteiger charge is -2.24. The Balaban J connectivity index is 1.87. The molecule has 3 aromatic rings. The number of carbonyl (C=O) groups is 1. The summed E-state index contributed by atoms with van der Waals surface area (Å²) in [5.74, 6) is 1.68. The number of anilines is 1. The number of hydrogen-bond donors (Lipinski definition) is 1. The van der Waals surface area contributed by atoms with Gasteiger partial charge < -0.3 is 10.1 Å². The first-order valence-electron chi connectivity index (χ1n) is 7.98. The van der Waals surface area contributed by atoms with Gasteiger partial charge in [-0.2, -0.15) is 9.78 Å². The largest absolute Gasteiger partial charge is 0.497 e. The summed E-state index contributed by atoms with van der Waals surface area (Å²) >= 11 is 0. The molecule has 7 heteroatoms. The maximum absolute atomic E-state index is 12.3. The molecule has 1 N–H and O–H groups in total. The fourth-order valence-electron chi connectivity index (χ4n) is 3.24. The minimum absolute atomic E-state index is 0.0580. The van der Waals surface area contributed by atoms with Crippen LogP contribution in [-0.2, 0) is 4.79 Å². The predicted molar refractivity (Wildman–Crippen MR) is 92.0 cm³/mol. The Hall–Kier alpha value is -3.22. The number of hydrogen-bond acceptors (Lipinski definition) is 5. The van der Waals surface area contributed by atoms with Gasteiger partial charge in [0.05, 0.1) is 12.8 Å². The minimum atomic E-state index is -0.0867. The normalized spacial score (nSPS) is 16.2. The van der Waals surface area contributed by atoms with Crippen LogP contribution in [0.5, 0.6) is 5.75 Å². The molecular formula is C18H17N5O2. The minimum Gasteiger partial charge on any atom is -0.497 e. The van der Waals surface area contributed by atoms with Crippen LogP contribution in [-0.4, -0.2) is 32.8 Å². The lowest BCUT2D eigenvalue weighted by atomic mass is 9.86. The number of methoxy groups -OCH3 is 1. The first kappa shape index (κ1) is 15.3. The van der Waals surface area contributed by atoms with Crippen molar-refractivity contribution in [2.75, 3.05) is 12.4 Å². The molecule has 1 atom stereocenters. The third-order valence-corrected chi connectivity index (χ3v) is 4.34. The Bertz CT molecular complexity index is 936. The van der Waals surface area contributed by atoms with Crippen molar-refractivity contribution in [3.8, 4) is 11.7 Å². The highest BCUT2D eigenvalue weighted by Gasteiger charge is 2.33. The molecule has 0 radical (unpaired) electrons. The monoisotopic (exact) mass is 335 g/mol. The van der Waals surface area contributed by atoms with E-state index in [0.29, 0.717) is 18.2 Å². The number of carbonyl (C=O) groups excluding carboxylic acids is 1. The van der Waals surface area contributed by atoms with E-state index >= 15 is 0 Å². The van der Waals surface area contributed by atoms with Crippen LogP contribution in [0.25, 0.3) is 5.95 Å². The van der Waals surface area contributed by atoms with E-state index in [1.165, 1.54) is 0 Å². The molecule has 1 aliphatic rings. The van der Waals surface area contributed by atoms with Crippen LogP contribution in [0.15, 0.2) is 42.7 Å². The molecular weight excluding hydrogens is 318 g/mol. The SMILES string of the molecule is COc1cccc(C2CC(=O)Nc3c2c(C)nn3-c2ncccn2)c1. The van der Waals surface area contributed by atoms with Gasteiger partial charge in [0.15, 0.2) is 0 Å². The van der Waals surface area contributed by atoms with E-state index in [4.69, 9.17) is 4.74 Å². The fourth-order valence-corrected chi connectivity index (χ4v) is 3.24. The maximum Gasteiger partial charge on any atom is 0.252 e. The van der Waals surface area contributed by atoms with Crippen molar-refractivity contribution >= 4 is 11.7 Å². The molecule has 0 spiro atoms. The van der Waals surface area contributed by atoms with Crippen LogP contribution in [0.4, 0.5) is 5.82 Å². The van der Waals surface area contributed by atoms with Gasteiger partial charge in [0.2, 0.25) is 5.91 Å². The molecule has 0 saturated heterocycles.